The molecular weight excluding hydrogens is 457 g/mol. The van der Waals surface area contributed by atoms with Gasteiger partial charge in [0.25, 0.3) is 0 Å². The van der Waals surface area contributed by atoms with Gasteiger partial charge in [-0.1, -0.05) is 18.2 Å². The lowest BCUT2D eigenvalue weighted by Crippen LogP contribution is -2.47. The fraction of sp³-hybridized carbons (Fsp3) is 0.333. The summed E-state index contributed by atoms with van der Waals surface area (Å²) in [5, 5.41) is 4.96. The Balaban J connectivity index is 1.29. The summed E-state index contributed by atoms with van der Waals surface area (Å²) in [5.74, 6) is 1.54. The second-order valence-electron chi connectivity index (χ2n) is 9.35. The number of fused-ring (bicyclic) bond motifs is 1. The van der Waals surface area contributed by atoms with E-state index in [1.165, 1.54) is 6.07 Å². The molecule has 4 aromatic rings. The van der Waals surface area contributed by atoms with Crippen molar-refractivity contribution < 1.29 is 9.18 Å². The van der Waals surface area contributed by atoms with Crippen LogP contribution in [-0.4, -0.2) is 70.0 Å². The molecule has 0 amide bonds. The molecule has 6 rings (SSSR count). The van der Waals surface area contributed by atoms with Crippen molar-refractivity contribution in [1.29, 1.82) is 0 Å². The van der Waals surface area contributed by atoms with Gasteiger partial charge >= 0.3 is 0 Å². The molecular formula is C27H28FN7O. The van der Waals surface area contributed by atoms with Crippen molar-refractivity contribution in [3.8, 4) is 11.4 Å². The summed E-state index contributed by atoms with van der Waals surface area (Å²) in [6.45, 7) is 4.69. The van der Waals surface area contributed by atoms with Crippen LogP contribution >= 0.6 is 0 Å². The SMILES string of the molecule is O=CCN1CCN(c2cccc(-c3cnc4ccc(N5CCCC5c5cccc(F)c5)nn34)n2)CC1. The van der Waals surface area contributed by atoms with Gasteiger partial charge in [-0.25, -0.2) is 18.9 Å². The molecule has 0 saturated carbocycles. The minimum absolute atomic E-state index is 0.0944. The Morgan fingerprint density at radius 1 is 0.972 bits per heavy atom. The van der Waals surface area contributed by atoms with Crippen molar-refractivity contribution in [3.63, 3.8) is 0 Å². The maximum absolute atomic E-state index is 13.9. The van der Waals surface area contributed by atoms with E-state index in [1.807, 2.05) is 47.1 Å². The van der Waals surface area contributed by atoms with Crippen LogP contribution in [0.5, 0.6) is 0 Å². The Kier molecular flexibility index (Phi) is 6.06. The van der Waals surface area contributed by atoms with Crippen LogP contribution in [0.3, 0.4) is 0 Å². The molecule has 3 aromatic heterocycles. The summed E-state index contributed by atoms with van der Waals surface area (Å²) in [6, 6.07) is 16.9. The molecule has 2 aliphatic rings. The van der Waals surface area contributed by atoms with Crippen molar-refractivity contribution in [1.82, 2.24) is 24.5 Å². The average molecular weight is 486 g/mol. The number of imidazole rings is 1. The Bertz CT molecular complexity index is 1380. The maximum atomic E-state index is 13.9. The monoisotopic (exact) mass is 485 g/mol. The molecule has 0 spiro atoms. The Morgan fingerprint density at radius 2 is 1.83 bits per heavy atom. The van der Waals surface area contributed by atoms with Crippen molar-refractivity contribution in [2.75, 3.05) is 49.1 Å². The Hall–Kier alpha value is -3.85. The van der Waals surface area contributed by atoms with Crippen molar-refractivity contribution in [3.05, 3.63) is 72.2 Å². The van der Waals surface area contributed by atoms with Crippen LogP contribution in [0.4, 0.5) is 16.0 Å². The van der Waals surface area contributed by atoms with Gasteiger partial charge in [-0.2, -0.15) is 0 Å². The molecule has 1 aromatic carbocycles. The number of rotatable bonds is 6. The molecule has 0 bridgehead atoms. The molecule has 0 aliphatic carbocycles. The number of carbonyl (C=O) groups is 1. The minimum atomic E-state index is -0.212. The largest absolute Gasteiger partial charge is 0.354 e. The standard InChI is InChI=1S/C27H28FN7O/c28-21-5-1-4-20(18-21)23-7-3-11-34(23)27-10-9-25-29-19-24(35(25)31-27)22-6-2-8-26(30-22)33-14-12-32(13-15-33)16-17-36/h1-2,4-6,8-10,17-19,23H,3,7,11-16H2. The number of aromatic nitrogens is 4. The Labute approximate surface area is 209 Å². The van der Waals surface area contributed by atoms with Gasteiger partial charge in [-0.15, -0.1) is 5.10 Å². The highest BCUT2D eigenvalue weighted by Gasteiger charge is 2.28. The first kappa shape index (κ1) is 22.6. The number of halogens is 1. The summed E-state index contributed by atoms with van der Waals surface area (Å²) in [5.41, 5.74) is 3.37. The van der Waals surface area contributed by atoms with Crippen LogP contribution in [0, 0.1) is 5.82 Å². The molecule has 2 fully saturated rings. The lowest BCUT2D eigenvalue weighted by molar-refractivity contribution is -0.108. The highest BCUT2D eigenvalue weighted by atomic mass is 19.1. The van der Waals surface area contributed by atoms with E-state index in [9.17, 15) is 9.18 Å². The number of piperazine rings is 1. The third-order valence-corrected chi connectivity index (χ3v) is 7.15. The third-order valence-electron chi connectivity index (χ3n) is 7.15. The molecule has 184 valence electrons. The van der Waals surface area contributed by atoms with Gasteiger partial charge in [-0.3, -0.25) is 4.90 Å². The smallest absolute Gasteiger partial charge is 0.154 e. The molecule has 0 N–H and O–H groups in total. The zero-order valence-electron chi connectivity index (χ0n) is 20.0. The van der Waals surface area contributed by atoms with Crippen LogP contribution < -0.4 is 9.80 Å². The van der Waals surface area contributed by atoms with Gasteiger partial charge < -0.3 is 14.6 Å². The second-order valence-corrected chi connectivity index (χ2v) is 9.35. The average Bonchev–Trinajstić information content (AvgIpc) is 3.57. The van der Waals surface area contributed by atoms with E-state index in [0.29, 0.717) is 6.54 Å². The molecule has 2 saturated heterocycles. The first-order valence-corrected chi connectivity index (χ1v) is 12.4. The number of anilines is 2. The Morgan fingerprint density at radius 3 is 2.67 bits per heavy atom. The normalized spacial score (nSPS) is 18.8. The quantitative estimate of drug-likeness (QED) is 0.387. The van der Waals surface area contributed by atoms with E-state index in [-0.39, 0.29) is 11.9 Å². The van der Waals surface area contributed by atoms with Crippen LogP contribution in [-0.2, 0) is 4.79 Å². The van der Waals surface area contributed by atoms with Gasteiger partial charge in [-0.05, 0) is 54.8 Å². The highest BCUT2D eigenvalue weighted by molar-refractivity contribution is 5.63. The van der Waals surface area contributed by atoms with E-state index in [2.05, 4.69) is 19.7 Å². The number of benzene rings is 1. The van der Waals surface area contributed by atoms with Crippen LogP contribution in [0.15, 0.2) is 60.8 Å². The molecule has 8 nitrogen and oxygen atoms in total. The lowest BCUT2D eigenvalue weighted by Gasteiger charge is -2.34. The fourth-order valence-corrected chi connectivity index (χ4v) is 5.30. The molecule has 9 heteroatoms. The van der Waals surface area contributed by atoms with Crippen molar-refractivity contribution >= 4 is 23.6 Å². The molecule has 5 heterocycles. The van der Waals surface area contributed by atoms with Gasteiger partial charge in [0.2, 0.25) is 0 Å². The molecule has 1 unspecified atom stereocenters. The van der Waals surface area contributed by atoms with Crippen LogP contribution in [0.25, 0.3) is 17.0 Å². The number of nitrogens with zero attached hydrogens (tertiary/aromatic N) is 7. The predicted molar refractivity (Wildman–Crippen MR) is 137 cm³/mol. The van der Waals surface area contributed by atoms with Gasteiger partial charge in [0.05, 0.1) is 24.5 Å². The number of hydrogen-bond donors (Lipinski definition) is 0. The van der Waals surface area contributed by atoms with Crippen LogP contribution in [0.1, 0.15) is 24.4 Å². The predicted octanol–water partition coefficient (Wildman–Crippen LogP) is 3.59. The third kappa shape index (κ3) is 4.30. The first-order chi connectivity index (χ1) is 17.7. The summed E-state index contributed by atoms with van der Waals surface area (Å²) < 4.78 is 15.8. The van der Waals surface area contributed by atoms with E-state index in [4.69, 9.17) is 10.1 Å². The van der Waals surface area contributed by atoms with E-state index < -0.39 is 0 Å². The van der Waals surface area contributed by atoms with Crippen molar-refractivity contribution in [2.24, 2.45) is 0 Å². The lowest BCUT2D eigenvalue weighted by atomic mass is 10.0. The van der Waals surface area contributed by atoms with E-state index in [0.717, 1.165) is 86.1 Å². The molecule has 1 atom stereocenters. The summed E-state index contributed by atoms with van der Waals surface area (Å²) in [4.78, 5) is 27.0. The summed E-state index contributed by atoms with van der Waals surface area (Å²) >= 11 is 0. The van der Waals surface area contributed by atoms with Crippen molar-refractivity contribution in [2.45, 2.75) is 18.9 Å². The maximum Gasteiger partial charge on any atom is 0.154 e. The molecule has 36 heavy (non-hydrogen) atoms. The minimum Gasteiger partial charge on any atom is -0.354 e. The molecule has 2 aliphatic heterocycles. The van der Waals surface area contributed by atoms with Crippen LogP contribution in [0.2, 0.25) is 0 Å². The number of hydrogen-bond acceptors (Lipinski definition) is 7. The summed E-state index contributed by atoms with van der Waals surface area (Å²) in [7, 11) is 0. The number of aldehydes is 1. The first-order valence-electron chi connectivity index (χ1n) is 12.4. The summed E-state index contributed by atoms with van der Waals surface area (Å²) in [6.07, 6.45) is 4.77. The topological polar surface area (TPSA) is 69.9 Å². The van der Waals surface area contributed by atoms with Gasteiger partial charge in [0, 0.05) is 32.7 Å². The fourth-order valence-electron chi connectivity index (χ4n) is 5.30. The van der Waals surface area contributed by atoms with E-state index >= 15 is 0 Å². The number of carbonyl (C=O) groups excluding carboxylic acids is 1. The number of pyridine rings is 1. The molecule has 0 radical (unpaired) electrons. The van der Waals surface area contributed by atoms with Gasteiger partial charge in [0.1, 0.15) is 29.4 Å². The highest BCUT2D eigenvalue weighted by Crippen LogP contribution is 2.35. The van der Waals surface area contributed by atoms with Gasteiger partial charge in [0.15, 0.2) is 5.65 Å². The second kappa shape index (κ2) is 9.66. The van der Waals surface area contributed by atoms with E-state index in [1.54, 1.807) is 12.1 Å². The zero-order valence-corrected chi connectivity index (χ0v) is 20.0. The zero-order chi connectivity index (χ0) is 24.5.